The molecule has 0 aromatic heterocycles. The molecule has 1 aliphatic rings. The van der Waals surface area contributed by atoms with Gasteiger partial charge in [-0.15, -0.1) is 0 Å². The van der Waals surface area contributed by atoms with Crippen LogP contribution in [-0.2, 0) is 4.79 Å². The van der Waals surface area contributed by atoms with Gasteiger partial charge in [0, 0.05) is 5.69 Å². The SMILES string of the molecule is COc1cccc([C@@H]2[C@@H](N)C(=O)N2c2ccc(Cl)c(Cl)c2)c1. The molecule has 0 unspecified atom stereocenters. The minimum Gasteiger partial charge on any atom is -0.497 e. The van der Waals surface area contributed by atoms with Gasteiger partial charge in [0.2, 0.25) is 5.91 Å². The highest BCUT2D eigenvalue weighted by Crippen LogP contribution is 2.40. The molecule has 0 bridgehead atoms. The molecule has 6 heteroatoms. The topological polar surface area (TPSA) is 55.6 Å². The number of halogens is 2. The number of rotatable bonds is 3. The van der Waals surface area contributed by atoms with Gasteiger partial charge >= 0.3 is 0 Å². The quantitative estimate of drug-likeness (QED) is 0.873. The lowest BCUT2D eigenvalue weighted by Crippen LogP contribution is -2.63. The summed E-state index contributed by atoms with van der Waals surface area (Å²) in [6.45, 7) is 0. The molecule has 1 amide bonds. The Labute approximate surface area is 138 Å². The fourth-order valence-electron chi connectivity index (χ4n) is 2.62. The highest BCUT2D eigenvalue weighted by molar-refractivity contribution is 6.42. The van der Waals surface area contributed by atoms with E-state index in [0.717, 1.165) is 11.3 Å². The molecule has 0 spiro atoms. The van der Waals surface area contributed by atoms with E-state index in [-0.39, 0.29) is 11.9 Å². The molecule has 1 fully saturated rings. The number of benzene rings is 2. The lowest BCUT2D eigenvalue weighted by atomic mass is 9.88. The first-order valence-electron chi connectivity index (χ1n) is 6.70. The van der Waals surface area contributed by atoms with Crippen molar-refractivity contribution in [1.29, 1.82) is 0 Å². The summed E-state index contributed by atoms with van der Waals surface area (Å²) in [6.07, 6.45) is 0. The summed E-state index contributed by atoms with van der Waals surface area (Å²) in [5, 5.41) is 0.845. The number of ether oxygens (including phenoxy) is 1. The van der Waals surface area contributed by atoms with Crippen LogP contribution in [0, 0.1) is 0 Å². The summed E-state index contributed by atoms with van der Waals surface area (Å²) in [5.74, 6) is 0.573. The van der Waals surface area contributed by atoms with E-state index in [0.29, 0.717) is 15.7 Å². The molecule has 22 heavy (non-hydrogen) atoms. The van der Waals surface area contributed by atoms with Crippen molar-refractivity contribution in [1.82, 2.24) is 0 Å². The fraction of sp³-hybridized carbons (Fsp3) is 0.188. The van der Waals surface area contributed by atoms with Crippen molar-refractivity contribution in [2.45, 2.75) is 12.1 Å². The minimum atomic E-state index is -0.582. The van der Waals surface area contributed by atoms with E-state index in [9.17, 15) is 4.79 Å². The molecule has 1 heterocycles. The first kappa shape index (κ1) is 15.2. The normalized spacial score (nSPS) is 20.7. The monoisotopic (exact) mass is 336 g/mol. The summed E-state index contributed by atoms with van der Waals surface area (Å²) in [6, 6.07) is 11.8. The van der Waals surface area contributed by atoms with E-state index in [1.165, 1.54) is 0 Å². The number of hydrogen-bond donors (Lipinski definition) is 1. The Morgan fingerprint density at radius 3 is 2.59 bits per heavy atom. The Hall–Kier alpha value is -1.75. The molecule has 114 valence electrons. The maximum Gasteiger partial charge on any atom is 0.247 e. The number of nitrogens with zero attached hydrogens (tertiary/aromatic N) is 1. The van der Waals surface area contributed by atoms with Gasteiger partial charge in [-0.05, 0) is 35.9 Å². The molecule has 2 aromatic rings. The highest BCUT2D eigenvalue weighted by atomic mass is 35.5. The first-order valence-corrected chi connectivity index (χ1v) is 7.46. The number of methoxy groups -OCH3 is 1. The Bertz CT molecular complexity index is 736. The second-order valence-corrected chi connectivity index (χ2v) is 5.87. The second kappa shape index (κ2) is 5.80. The Morgan fingerprint density at radius 1 is 1.14 bits per heavy atom. The largest absolute Gasteiger partial charge is 0.497 e. The van der Waals surface area contributed by atoms with Crippen LogP contribution in [0.2, 0.25) is 10.0 Å². The zero-order chi connectivity index (χ0) is 15.9. The van der Waals surface area contributed by atoms with Gasteiger partial charge in [-0.25, -0.2) is 0 Å². The third-order valence-corrected chi connectivity index (χ3v) is 4.50. The summed E-state index contributed by atoms with van der Waals surface area (Å²) < 4.78 is 5.23. The van der Waals surface area contributed by atoms with E-state index in [1.54, 1.807) is 30.2 Å². The van der Waals surface area contributed by atoms with Crippen molar-refractivity contribution in [2.24, 2.45) is 5.73 Å². The maximum absolute atomic E-state index is 12.2. The molecular formula is C16H14Cl2N2O2. The van der Waals surface area contributed by atoms with Gasteiger partial charge in [-0.1, -0.05) is 35.3 Å². The van der Waals surface area contributed by atoms with E-state index < -0.39 is 6.04 Å². The highest BCUT2D eigenvalue weighted by Gasteiger charge is 2.46. The van der Waals surface area contributed by atoms with Crippen LogP contribution in [0.15, 0.2) is 42.5 Å². The molecule has 2 atom stereocenters. The van der Waals surface area contributed by atoms with Gasteiger partial charge in [0.15, 0.2) is 0 Å². The van der Waals surface area contributed by atoms with Crippen LogP contribution in [0.1, 0.15) is 11.6 Å². The second-order valence-electron chi connectivity index (χ2n) is 5.05. The summed E-state index contributed by atoms with van der Waals surface area (Å²) in [5.41, 5.74) is 7.58. The molecule has 0 saturated carbocycles. The molecule has 0 aliphatic carbocycles. The van der Waals surface area contributed by atoms with Crippen LogP contribution in [0.25, 0.3) is 0 Å². The number of anilines is 1. The summed E-state index contributed by atoms with van der Waals surface area (Å²) >= 11 is 12.0. The van der Waals surface area contributed by atoms with E-state index in [1.807, 2.05) is 24.3 Å². The Balaban J connectivity index is 1.98. The predicted molar refractivity (Wildman–Crippen MR) is 87.7 cm³/mol. The molecule has 1 saturated heterocycles. The van der Waals surface area contributed by atoms with Crippen molar-refractivity contribution in [3.8, 4) is 5.75 Å². The zero-order valence-electron chi connectivity index (χ0n) is 11.8. The Morgan fingerprint density at radius 2 is 1.91 bits per heavy atom. The van der Waals surface area contributed by atoms with Gasteiger partial charge in [-0.3, -0.25) is 4.79 Å². The first-order chi connectivity index (χ1) is 10.5. The molecule has 0 radical (unpaired) electrons. The molecule has 1 aliphatic heterocycles. The maximum atomic E-state index is 12.2. The molecule has 2 N–H and O–H groups in total. The molecule has 3 rings (SSSR count). The van der Waals surface area contributed by atoms with Gasteiger partial charge in [0.25, 0.3) is 0 Å². The predicted octanol–water partition coefficient (Wildman–Crippen LogP) is 3.42. The van der Waals surface area contributed by atoms with Crippen molar-refractivity contribution in [3.63, 3.8) is 0 Å². The van der Waals surface area contributed by atoms with Crippen molar-refractivity contribution in [3.05, 3.63) is 58.1 Å². The average molecular weight is 337 g/mol. The lowest BCUT2D eigenvalue weighted by Gasteiger charge is -2.45. The minimum absolute atomic E-state index is 0.147. The van der Waals surface area contributed by atoms with Gasteiger partial charge in [0.1, 0.15) is 11.8 Å². The number of nitrogens with two attached hydrogens (primary N) is 1. The van der Waals surface area contributed by atoms with Gasteiger partial charge < -0.3 is 15.4 Å². The third-order valence-electron chi connectivity index (χ3n) is 3.76. The number of carbonyl (C=O) groups excluding carboxylic acids is 1. The molecule has 4 nitrogen and oxygen atoms in total. The van der Waals surface area contributed by atoms with Crippen LogP contribution in [0.4, 0.5) is 5.69 Å². The number of amides is 1. The molecule has 2 aromatic carbocycles. The van der Waals surface area contributed by atoms with Crippen LogP contribution < -0.4 is 15.4 Å². The van der Waals surface area contributed by atoms with Crippen molar-refractivity contribution in [2.75, 3.05) is 12.0 Å². The smallest absolute Gasteiger partial charge is 0.247 e. The average Bonchev–Trinajstić information content (AvgIpc) is 2.54. The fourth-order valence-corrected chi connectivity index (χ4v) is 2.91. The van der Waals surface area contributed by atoms with Crippen LogP contribution in [-0.4, -0.2) is 19.1 Å². The standard InChI is InChI=1S/C16H14Cl2N2O2/c1-22-11-4-2-3-9(7-11)15-14(19)16(21)20(15)10-5-6-12(17)13(18)8-10/h2-8,14-15H,19H2,1H3/t14-,15-/m1/s1. The van der Waals surface area contributed by atoms with Crippen LogP contribution in [0.5, 0.6) is 5.75 Å². The van der Waals surface area contributed by atoms with Crippen molar-refractivity contribution >= 4 is 34.8 Å². The van der Waals surface area contributed by atoms with E-state index in [2.05, 4.69) is 0 Å². The van der Waals surface area contributed by atoms with Crippen LogP contribution >= 0.6 is 23.2 Å². The van der Waals surface area contributed by atoms with Gasteiger partial charge in [0.05, 0.1) is 23.2 Å². The van der Waals surface area contributed by atoms with Crippen LogP contribution in [0.3, 0.4) is 0 Å². The molecular weight excluding hydrogens is 323 g/mol. The van der Waals surface area contributed by atoms with E-state index >= 15 is 0 Å². The lowest BCUT2D eigenvalue weighted by molar-refractivity contribution is -0.126. The zero-order valence-corrected chi connectivity index (χ0v) is 13.3. The van der Waals surface area contributed by atoms with Gasteiger partial charge in [-0.2, -0.15) is 0 Å². The number of hydrogen-bond acceptors (Lipinski definition) is 3. The third kappa shape index (κ3) is 2.43. The number of carbonyl (C=O) groups is 1. The van der Waals surface area contributed by atoms with Crippen molar-refractivity contribution < 1.29 is 9.53 Å². The Kier molecular flexibility index (Phi) is 4.00. The summed E-state index contributed by atoms with van der Waals surface area (Å²) in [7, 11) is 1.60. The van der Waals surface area contributed by atoms with E-state index in [4.69, 9.17) is 33.7 Å². The number of β-lactam (4-membered cyclic amide) rings is 1. The summed E-state index contributed by atoms with van der Waals surface area (Å²) in [4.78, 5) is 13.8.